The van der Waals surface area contributed by atoms with Gasteiger partial charge in [-0.1, -0.05) is 23.9 Å². The summed E-state index contributed by atoms with van der Waals surface area (Å²) in [5.41, 5.74) is 1.43. The Morgan fingerprint density at radius 3 is 2.67 bits per heavy atom. The molecule has 2 aliphatic rings. The first-order valence-corrected chi connectivity index (χ1v) is 12.0. The number of aromatic nitrogens is 5. The molecule has 174 valence electrons. The van der Waals surface area contributed by atoms with Gasteiger partial charge in [0.15, 0.2) is 11.0 Å². The second-order valence-corrected chi connectivity index (χ2v) is 10.0. The van der Waals surface area contributed by atoms with E-state index in [1.807, 2.05) is 23.7 Å². The highest BCUT2D eigenvalue weighted by Crippen LogP contribution is 2.64. The molecule has 1 aliphatic heterocycles. The zero-order chi connectivity index (χ0) is 23.1. The summed E-state index contributed by atoms with van der Waals surface area (Å²) in [5, 5.41) is 17.4. The van der Waals surface area contributed by atoms with Gasteiger partial charge in [0, 0.05) is 25.5 Å². The van der Waals surface area contributed by atoms with Crippen LogP contribution in [0.25, 0.3) is 11.5 Å². The Morgan fingerprint density at radius 1 is 1.12 bits per heavy atom. The van der Waals surface area contributed by atoms with Crippen LogP contribution in [0.4, 0.5) is 13.2 Å². The fraction of sp³-hybridized carbons (Fsp3) is 0.478. The molecule has 10 heteroatoms. The zero-order valence-electron chi connectivity index (χ0n) is 18.3. The number of halogens is 3. The Bertz CT molecular complexity index is 1100. The van der Waals surface area contributed by atoms with E-state index in [1.165, 1.54) is 12.1 Å². The first-order chi connectivity index (χ1) is 15.9. The maximum absolute atomic E-state index is 12.8. The van der Waals surface area contributed by atoms with Gasteiger partial charge in [0.1, 0.15) is 5.69 Å². The average molecular weight is 475 g/mol. The first-order valence-electron chi connectivity index (χ1n) is 11.1. The van der Waals surface area contributed by atoms with Crippen LogP contribution >= 0.6 is 11.8 Å². The SMILES string of the molecule is Cn1c(SCCCN2CC[C@]3(C[C@H]3c3ccc(C(F)(F)F)cc3)C2)nnc1-c1cccnn1. The normalized spacial score (nSPS) is 22.8. The van der Waals surface area contributed by atoms with Crippen molar-refractivity contribution in [3.8, 4) is 11.5 Å². The van der Waals surface area contributed by atoms with Gasteiger partial charge in [-0.3, -0.25) is 0 Å². The molecule has 6 nitrogen and oxygen atoms in total. The van der Waals surface area contributed by atoms with Crippen LogP contribution in [0, 0.1) is 5.41 Å². The number of likely N-dealkylation sites (tertiary alicyclic amines) is 1. The highest BCUT2D eigenvalue weighted by atomic mass is 32.2. The number of benzene rings is 1. The maximum Gasteiger partial charge on any atom is 0.416 e. The summed E-state index contributed by atoms with van der Waals surface area (Å²) in [7, 11) is 1.94. The van der Waals surface area contributed by atoms with Crippen LogP contribution in [-0.2, 0) is 13.2 Å². The molecule has 3 heterocycles. The van der Waals surface area contributed by atoms with Crippen molar-refractivity contribution < 1.29 is 13.2 Å². The molecule has 1 aromatic carbocycles. The fourth-order valence-electron chi connectivity index (χ4n) is 4.89. The molecule has 5 rings (SSSR count). The summed E-state index contributed by atoms with van der Waals surface area (Å²) in [5.74, 6) is 2.03. The second-order valence-electron chi connectivity index (χ2n) is 8.94. The summed E-state index contributed by atoms with van der Waals surface area (Å²) >= 11 is 1.68. The van der Waals surface area contributed by atoms with E-state index in [-0.39, 0.29) is 5.41 Å². The quantitative estimate of drug-likeness (QED) is 0.367. The molecule has 1 spiro atoms. The monoisotopic (exact) mass is 474 g/mol. The number of hydrogen-bond donors (Lipinski definition) is 0. The van der Waals surface area contributed by atoms with E-state index in [4.69, 9.17) is 0 Å². The van der Waals surface area contributed by atoms with Gasteiger partial charge in [0.2, 0.25) is 0 Å². The summed E-state index contributed by atoms with van der Waals surface area (Å²) < 4.78 is 40.4. The minimum absolute atomic E-state index is 0.252. The Hall–Kier alpha value is -2.46. The van der Waals surface area contributed by atoms with Crippen LogP contribution in [0.2, 0.25) is 0 Å². The number of hydrogen-bond acceptors (Lipinski definition) is 6. The van der Waals surface area contributed by atoms with E-state index in [9.17, 15) is 13.2 Å². The van der Waals surface area contributed by atoms with E-state index in [0.29, 0.717) is 17.4 Å². The zero-order valence-corrected chi connectivity index (χ0v) is 19.1. The van der Waals surface area contributed by atoms with E-state index < -0.39 is 11.7 Å². The smallest absolute Gasteiger partial charge is 0.304 e. The lowest BCUT2D eigenvalue weighted by Crippen LogP contribution is -2.23. The highest BCUT2D eigenvalue weighted by Gasteiger charge is 2.57. The Balaban J connectivity index is 1.09. The molecule has 0 unspecified atom stereocenters. The van der Waals surface area contributed by atoms with Crippen LogP contribution in [0.15, 0.2) is 47.8 Å². The van der Waals surface area contributed by atoms with Gasteiger partial charge in [-0.05, 0) is 73.5 Å². The predicted molar refractivity (Wildman–Crippen MR) is 120 cm³/mol. The topological polar surface area (TPSA) is 59.7 Å². The lowest BCUT2D eigenvalue weighted by atomic mass is 9.97. The molecule has 1 aliphatic carbocycles. The standard InChI is InChI=1S/C23H25F3N6S/c1-31-20(19-4-2-10-27-28-19)29-30-21(31)33-13-3-11-32-12-9-22(15-32)14-18(22)16-5-7-17(8-6-16)23(24,25)26/h2,4-8,10,18H,3,9,11-15H2,1H3/t18-,22-/m0/s1. The van der Waals surface area contributed by atoms with Crippen LogP contribution in [0.3, 0.4) is 0 Å². The summed E-state index contributed by atoms with van der Waals surface area (Å²) in [6.45, 7) is 3.11. The maximum atomic E-state index is 12.8. The molecule has 33 heavy (non-hydrogen) atoms. The van der Waals surface area contributed by atoms with Crippen molar-refractivity contribution in [2.24, 2.45) is 12.5 Å². The molecule has 3 aromatic rings. The van der Waals surface area contributed by atoms with Crippen molar-refractivity contribution in [1.29, 1.82) is 0 Å². The highest BCUT2D eigenvalue weighted by molar-refractivity contribution is 7.99. The van der Waals surface area contributed by atoms with E-state index >= 15 is 0 Å². The molecule has 0 radical (unpaired) electrons. The Morgan fingerprint density at radius 2 is 1.94 bits per heavy atom. The largest absolute Gasteiger partial charge is 0.416 e. The molecular weight excluding hydrogens is 449 g/mol. The first kappa shape index (κ1) is 22.3. The van der Waals surface area contributed by atoms with Crippen molar-refractivity contribution in [3.63, 3.8) is 0 Å². The molecule has 2 atom stereocenters. The third-order valence-electron chi connectivity index (χ3n) is 6.78. The van der Waals surface area contributed by atoms with Gasteiger partial charge < -0.3 is 9.47 Å². The van der Waals surface area contributed by atoms with E-state index in [2.05, 4.69) is 25.3 Å². The minimum Gasteiger partial charge on any atom is -0.304 e. The third-order valence-corrected chi connectivity index (χ3v) is 7.89. The van der Waals surface area contributed by atoms with Gasteiger partial charge in [-0.25, -0.2) is 0 Å². The molecule has 0 amide bonds. The lowest BCUT2D eigenvalue weighted by Gasteiger charge is -2.16. The molecule has 2 aromatic heterocycles. The van der Waals surface area contributed by atoms with Crippen molar-refractivity contribution in [2.75, 3.05) is 25.4 Å². The molecule has 0 bridgehead atoms. The Kier molecular flexibility index (Phi) is 5.90. The molecule has 0 N–H and O–H groups in total. The fourth-order valence-corrected chi connectivity index (χ4v) is 5.72. The number of nitrogens with zero attached hydrogens (tertiary/aromatic N) is 6. The van der Waals surface area contributed by atoms with Crippen molar-refractivity contribution >= 4 is 11.8 Å². The average Bonchev–Trinajstić information content (AvgIpc) is 3.15. The van der Waals surface area contributed by atoms with Crippen LogP contribution in [-0.4, -0.2) is 55.2 Å². The van der Waals surface area contributed by atoms with Crippen LogP contribution in [0.5, 0.6) is 0 Å². The van der Waals surface area contributed by atoms with Crippen LogP contribution in [0.1, 0.15) is 36.3 Å². The molecular formula is C23H25F3N6S. The van der Waals surface area contributed by atoms with Crippen molar-refractivity contribution in [3.05, 3.63) is 53.7 Å². The summed E-state index contributed by atoms with van der Waals surface area (Å²) in [4.78, 5) is 2.49. The van der Waals surface area contributed by atoms with Gasteiger partial charge in [0.05, 0.1) is 5.56 Å². The molecule has 2 fully saturated rings. The Labute approximate surface area is 194 Å². The second kappa shape index (κ2) is 8.72. The number of thioether (sulfide) groups is 1. The summed E-state index contributed by atoms with van der Waals surface area (Å²) in [6, 6.07) is 9.45. The number of alkyl halides is 3. The van der Waals surface area contributed by atoms with Gasteiger partial charge in [-0.15, -0.1) is 15.3 Å². The van der Waals surface area contributed by atoms with E-state index in [1.54, 1.807) is 30.1 Å². The minimum atomic E-state index is -4.27. The van der Waals surface area contributed by atoms with Gasteiger partial charge in [-0.2, -0.15) is 18.3 Å². The molecule has 1 saturated carbocycles. The molecule has 1 saturated heterocycles. The lowest BCUT2D eigenvalue weighted by molar-refractivity contribution is -0.137. The predicted octanol–water partition coefficient (Wildman–Crippen LogP) is 4.65. The van der Waals surface area contributed by atoms with Crippen molar-refractivity contribution in [1.82, 2.24) is 29.9 Å². The van der Waals surface area contributed by atoms with Gasteiger partial charge in [0.25, 0.3) is 0 Å². The number of rotatable bonds is 7. The third kappa shape index (κ3) is 4.63. The summed E-state index contributed by atoms with van der Waals surface area (Å²) in [6.07, 6.45) is 0.596. The van der Waals surface area contributed by atoms with Crippen LogP contribution < -0.4 is 0 Å². The van der Waals surface area contributed by atoms with Crippen molar-refractivity contribution in [2.45, 2.75) is 36.5 Å². The van der Waals surface area contributed by atoms with E-state index in [0.717, 1.165) is 55.4 Å². The van der Waals surface area contributed by atoms with Gasteiger partial charge >= 0.3 is 6.18 Å².